The van der Waals surface area contributed by atoms with Gasteiger partial charge in [-0.2, -0.15) is 0 Å². The number of benzene rings is 2. The van der Waals surface area contributed by atoms with Gasteiger partial charge in [0.1, 0.15) is 5.82 Å². The average molecular weight is 270 g/mol. The van der Waals surface area contributed by atoms with Crippen molar-refractivity contribution in [2.24, 2.45) is 0 Å². The van der Waals surface area contributed by atoms with Crippen LogP contribution in [0.15, 0.2) is 42.5 Å². The van der Waals surface area contributed by atoms with Crippen molar-refractivity contribution in [2.45, 2.75) is 13.0 Å². The number of anilines is 1. The fraction of sp³-hybridized carbons (Fsp3) is 0.188. The lowest BCUT2D eigenvalue weighted by Crippen LogP contribution is -2.25. The molecule has 20 heavy (non-hydrogen) atoms. The molecule has 2 aromatic carbocycles. The maximum Gasteiger partial charge on any atom is 0.255 e. The molecule has 0 aliphatic carbocycles. The summed E-state index contributed by atoms with van der Waals surface area (Å²) in [6.07, 6.45) is 0.957. The van der Waals surface area contributed by atoms with Crippen LogP contribution in [-0.2, 0) is 13.0 Å². The predicted molar refractivity (Wildman–Crippen MR) is 76.2 cm³/mol. The van der Waals surface area contributed by atoms with Crippen LogP contribution in [0.1, 0.15) is 21.5 Å². The second-order valence-electron chi connectivity index (χ2n) is 4.83. The van der Waals surface area contributed by atoms with Crippen LogP contribution in [0.25, 0.3) is 0 Å². The Hall–Kier alpha value is -2.20. The summed E-state index contributed by atoms with van der Waals surface area (Å²) in [4.78, 5) is 12.2. The first-order chi connectivity index (χ1) is 9.74. The Balaban J connectivity index is 1.86. The van der Waals surface area contributed by atoms with E-state index in [1.807, 2.05) is 12.1 Å². The highest BCUT2D eigenvalue weighted by Gasteiger charge is 2.14. The second kappa shape index (κ2) is 5.43. The summed E-state index contributed by atoms with van der Waals surface area (Å²) in [5.41, 5.74) is 3.49. The molecule has 0 saturated carbocycles. The van der Waals surface area contributed by atoms with Gasteiger partial charge in [-0.15, -0.1) is 0 Å². The molecule has 0 saturated heterocycles. The van der Waals surface area contributed by atoms with Crippen molar-refractivity contribution in [3.63, 3.8) is 0 Å². The summed E-state index contributed by atoms with van der Waals surface area (Å²) in [5.74, 6) is -0.696. The topological polar surface area (TPSA) is 41.1 Å². The largest absolute Gasteiger partial charge is 0.322 e. The maximum absolute atomic E-state index is 13.1. The van der Waals surface area contributed by atoms with E-state index in [1.165, 1.54) is 23.8 Å². The number of hydrogen-bond acceptors (Lipinski definition) is 2. The molecule has 1 amide bonds. The Morgan fingerprint density at radius 2 is 2.05 bits per heavy atom. The number of amides is 1. The van der Waals surface area contributed by atoms with Crippen LogP contribution in [0.2, 0.25) is 0 Å². The molecule has 0 radical (unpaired) electrons. The first-order valence-corrected chi connectivity index (χ1v) is 6.62. The summed E-state index contributed by atoms with van der Waals surface area (Å²) in [7, 11) is 0. The van der Waals surface area contributed by atoms with Gasteiger partial charge in [0.2, 0.25) is 0 Å². The second-order valence-corrected chi connectivity index (χ2v) is 4.83. The van der Waals surface area contributed by atoms with E-state index >= 15 is 0 Å². The number of carbonyl (C=O) groups is 1. The summed E-state index contributed by atoms with van der Waals surface area (Å²) >= 11 is 0. The van der Waals surface area contributed by atoms with Gasteiger partial charge in [0.15, 0.2) is 0 Å². The van der Waals surface area contributed by atoms with Crippen molar-refractivity contribution >= 4 is 11.6 Å². The highest BCUT2D eigenvalue weighted by molar-refractivity contribution is 6.04. The molecule has 1 heterocycles. The first-order valence-electron chi connectivity index (χ1n) is 6.62. The quantitative estimate of drug-likeness (QED) is 0.881. The number of rotatable bonds is 2. The lowest BCUT2D eigenvalue weighted by molar-refractivity contribution is 0.102. The zero-order chi connectivity index (χ0) is 13.9. The molecular weight excluding hydrogens is 255 g/mol. The molecule has 2 N–H and O–H groups in total. The molecule has 0 unspecified atom stereocenters. The lowest BCUT2D eigenvalue weighted by Gasteiger charge is -2.20. The molecule has 0 spiro atoms. The minimum atomic E-state index is -0.408. The van der Waals surface area contributed by atoms with Gasteiger partial charge in [0, 0.05) is 17.8 Å². The molecule has 0 fully saturated rings. The Bertz CT molecular complexity index is 655. The number of nitrogens with one attached hydrogen (secondary N) is 2. The van der Waals surface area contributed by atoms with Crippen molar-refractivity contribution in [1.29, 1.82) is 0 Å². The Labute approximate surface area is 116 Å². The number of halogens is 1. The van der Waals surface area contributed by atoms with Gasteiger partial charge in [0.05, 0.1) is 0 Å². The fourth-order valence-corrected chi connectivity index (χ4v) is 2.46. The van der Waals surface area contributed by atoms with Crippen molar-refractivity contribution in [2.75, 3.05) is 11.9 Å². The zero-order valence-electron chi connectivity index (χ0n) is 10.9. The summed E-state index contributed by atoms with van der Waals surface area (Å²) in [5, 5.41) is 6.16. The molecule has 3 nitrogen and oxygen atoms in total. The summed E-state index contributed by atoms with van der Waals surface area (Å²) < 4.78 is 13.1. The van der Waals surface area contributed by atoms with Crippen molar-refractivity contribution < 1.29 is 9.18 Å². The third-order valence-electron chi connectivity index (χ3n) is 3.48. The highest BCUT2D eigenvalue weighted by atomic mass is 19.1. The highest BCUT2D eigenvalue weighted by Crippen LogP contribution is 2.23. The minimum absolute atomic E-state index is 0.288. The van der Waals surface area contributed by atoms with Gasteiger partial charge >= 0.3 is 0 Å². The third kappa shape index (κ3) is 2.56. The lowest BCUT2D eigenvalue weighted by atomic mass is 9.99. The van der Waals surface area contributed by atoms with Crippen LogP contribution < -0.4 is 10.6 Å². The van der Waals surface area contributed by atoms with E-state index in [4.69, 9.17) is 0 Å². The Morgan fingerprint density at radius 1 is 1.20 bits per heavy atom. The average Bonchev–Trinajstić information content (AvgIpc) is 2.47. The van der Waals surface area contributed by atoms with Gasteiger partial charge in [0.25, 0.3) is 5.91 Å². The zero-order valence-corrected chi connectivity index (χ0v) is 10.9. The third-order valence-corrected chi connectivity index (χ3v) is 3.48. The predicted octanol–water partition coefficient (Wildman–Crippen LogP) is 2.72. The van der Waals surface area contributed by atoms with Gasteiger partial charge < -0.3 is 10.6 Å². The SMILES string of the molecule is O=C(Nc1cccc2c1CNCC2)c1cccc(F)c1. The van der Waals surface area contributed by atoms with E-state index < -0.39 is 5.82 Å². The van der Waals surface area contributed by atoms with Crippen molar-refractivity contribution in [3.05, 3.63) is 65.0 Å². The van der Waals surface area contributed by atoms with Crippen LogP contribution in [0.5, 0.6) is 0 Å². The molecular formula is C16H15FN2O. The Kier molecular flexibility index (Phi) is 3.48. The molecule has 0 atom stereocenters. The van der Waals surface area contributed by atoms with Crippen LogP contribution in [0.4, 0.5) is 10.1 Å². The van der Waals surface area contributed by atoms with Gasteiger partial charge in [-0.05, 0) is 48.4 Å². The minimum Gasteiger partial charge on any atom is -0.322 e. The summed E-state index contributed by atoms with van der Waals surface area (Å²) in [6, 6.07) is 11.6. The maximum atomic E-state index is 13.1. The number of fused-ring (bicyclic) bond motifs is 1. The van der Waals surface area contributed by atoms with Crippen LogP contribution in [0, 0.1) is 5.82 Å². The number of hydrogen-bond donors (Lipinski definition) is 2. The van der Waals surface area contributed by atoms with Gasteiger partial charge in [-0.1, -0.05) is 18.2 Å². The first kappa shape index (κ1) is 12.8. The molecule has 4 heteroatoms. The molecule has 3 rings (SSSR count). The fourth-order valence-electron chi connectivity index (χ4n) is 2.46. The van der Waals surface area contributed by atoms with E-state index in [9.17, 15) is 9.18 Å². The molecule has 0 aromatic heterocycles. The normalized spacial score (nSPS) is 13.7. The summed E-state index contributed by atoms with van der Waals surface area (Å²) in [6.45, 7) is 1.70. The molecule has 1 aliphatic rings. The van der Waals surface area contributed by atoms with E-state index in [0.29, 0.717) is 5.56 Å². The standard InChI is InChI=1S/C16H15FN2O/c17-13-5-1-4-12(9-13)16(20)19-15-6-2-3-11-7-8-18-10-14(11)15/h1-6,9,18H,7-8,10H2,(H,19,20). The molecule has 0 bridgehead atoms. The Morgan fingerprint density at radius 3 is 2.90 bits per heavy atom. The van der Waals surface area contributed by atoms with Crippen LogP contribution in [0.3, 0.4) is 0 Å². The van der Waals surface area contributed by atoms with E-state index in [2.05, 4.69) is 16.7 Å². The molecule has 2 aromatic rings. The van der Waals surface area contributed by atoms with Crippen LogP contribution in [-0.4, -0.2) is 12.5 Å². The van der Waals surface area contributed by atoms with E-state index in [1.54, 1.807) is 6.07 Å². The van der Waals surface area contributed by atoms with Gasteiger partial charge in [-0.3, -0.25) is 4.79 Å². The van der Waals surface area contributed by atoms with Crippen molar-refractivity contribution in [1.82, 2.24) is 5.32 Å². The smallest absolute Gasteiger partial charge is 0.255 e. The monoisotopic (exact) mass is 270 g/mol. The van der Waals surface area contributed by atoms with Crippen molar-refractivity contribution in [3.8, 4) is 0 Å². The van der Waals surface area contributed by atoms with E-state index in [-0.39, 0.29) is 5.91 Å². The van der Waals surface area contributed by atoms with Gasteiger partial charge in [-0.25, -0.2) is 4.39 Å². The molecule has 1 aliphatic heterocycles. The van der Waals surface area contributed by atoms with E-state index in [0.717, 1.165) is 30.8 Å². The molecule has 102 valence electrons. The van der Waals surface area contributed by atoms with Crippen LogP contribution >= 0.6 is 0 Å². The number of carbonyl (C=O) groups excluding carboxylic acids is 1.